The topological polar surface area (TPSA) is 54.5 Å². The van der Waals surface area contributed by atoms with Crippen molar-refractivity contribution >= 4 is 18.3 Å². The maximum atomic E-state index is 12.5. The van der Waals surface area contributed by atoms with Crippen LogP contribution in [0.25, 0.3) is 11.1 Å². The lowest BCUT2D eigenvalue weighted by Gasteiger charge is -2.23. The van der Waals surface area contributed by atoms with Crippen molar-refractivity contribution < 1.29 is 9.53 Å². The molecule has 1 aromatic carbocycles. The van der Waals surface area contributed by atoms with E-state index in [1.165, 1.54) is 0 Å². The zero-order valence-corrected chi connectivity index (χ0v) is 17.5. The Kier molecular flexibility index (Phi) is 5.96. The normalized spacial score (nSPS) is 24.1. The van der Waals surface area contributed by atoms with Gasteiger partial charge in [0.1, 0.15) is 11.3 Å². The molecule has 1 spiro atoms. The number of pyridine rings is 1. The number of benzene rings is 1. The van der Waals surface area contributed by atoms with Crippen LogP contribution >= 0.6 is 12.4 Å². The summed E-state index contributed by atoms with van der Waals surface area (Å²) >= 11 is 0. The average Bonchev–Trinajstić information content (AvgIpc) is 3.22. The SMILES string of the molecule is CC(C)Oc1ccc(-c2ccnc([C@@H]3CC[C@@]4(CCN(C)C4=O)N3)c2)cc1.Cl. The lowest BCUT2D eigenvalue weighted by molar-refractivity contribution is -0.131. The number of likely N-dealkylation sites (N-methyl/N-ethyl adjacent to an activating group) is 1. The van der Waals surface area contributed by atoms with Gasteiger partial charge in [0.05, 0.1) is 17.8 Å². The van der Waals surface area contributed by atoms with Gasteiger partial charge in [-0.2, -0.15) is 0 Å². The first-order chi connectivity index (χ1) is 13.0. The van der Waals surface area contributed by atoms with Gasteiger partial charge in [-0.15, -0.1) is 12.4 Å². The van der Waals surface area contributed by atoms with Crippen LogP contribution in [0.3, 0.4) is 0 Å². The second-order valence-electron chi connectivity index (χ2n) is 7.95. The molecule has 150 valence electrons. The molecule has 6 heteroatoms. The van der Waals surface area contributed by atoms with Gasteiger partial charge < -0.3 is 9.64 Å². The number of amides is 1. The molecule has 3 heterocycles. The first-order valence-corrected chi connectivity index (χ1v) is 9.73. The van der Waals surface area contributed by atoms with Crippen LogP contribution < -0.4 is 10.1 Å². The lowest BCUT2D eigenvalue weighted by atomic mass is 9.96. The molecule has 2 aliphatic rings. The summed E-state index contributed by atoms with van der Waals surface area (Å²) < 4.78 is 5.72. The van der Waals surface area contributed by atoms with Gasteiger partial charge in [-0.3, -0.25) is 15.1 Å². The van der Waals surface area contributed by atoms with Crippen molar-refractivity contribution in [2.75, 3.05) is 13.6 Å². The summed E-state index contributed by atoms with van der Waals surface area (Å²) in [5.74, 6) is 1.10. The van der Waals surface area contributed by atoms with Crippen LogP contribution in [0.5, 0.6) is 5.75 Å². The third kappa shape index (κ3) is 3.87. The Morgan fingerprint density at radius 1 is 1.18 bits per heavy atom. The van der Waals surface area contributed by atoms with Gasteiger partial charge in [0.2, 0.25) is 5.91 Å². The van der Waals surface area contributed by atoms with Crippen LogP contribution in [-0.4, -0.2) is 41.0 Å². The van der Waals surface area contributed by atoms with Crippen LogP contribution in [0.2, 0.25) is 0 Å². The van der Waals surface area contributed by atoms with E-state index in [0.29, 0.717) is 0 Å². The Balaban J connectivity index is 0.00000225. The molecule has 1 amide bonds. The zero-order chi connectivity index (χ0) is 19.0. The third-order valence-electron chi connectivity index (χ3n) is 5.64. The summed E-state index contributed by atoms with van der Waals surface area (Å²) in [6, 6.07) is 12.5. The van der Waals surface area contributed by atoms with E-state index in [1.807, 2.05) is 50.2 Å². The lowest BCUT2D eigenvalue weighted by Crippen LogP contribution is -2.47. The monoisotopic (exact) mass is 401 g/mol. The van der Waals surface area contributed by atoms with Crippen molar-refractivity contribution in [1.82, 2.24) is 15.2 Å². The van der Waals surface area contributed by atoms with Crippen molar-refractivity contribution in [3.63, 3.8) is 0 Å². The van der Waals surface area contributed by atoms with E-state index in [4.69, 9.17) is 4.74 Å². The van der Waals surface area contributed by atoms with E-state index < -0.39 is 0 Å². The summed E-state index contributed by atoms with van der Waals surface area (Å²) in [7, 11) is 1.89. The maximum absolute atomic E-state index is 12.5. The molecular formula is C22H28ClN3O2. The number of carbonyl (C=O) groups is 1. The van der Waals surface area contributed by atoms with Gasteiger partial charge in [-0.05, 0) is 68.5 Å². The Bertz CT molecular complexity index is 840. The van der Waals surface area contributed by atoms with Gasteiger partial charge in [0.25, 0.3) is 0 Å². The molecule has 0 aliphatic carbocycles. The highest BCUT2D eigenvalue weighted by molar-refractivity contribution is 5.88. The molecule has 0 saturated carbocycles. The fourth-order valence-corrected chi connectivity index (χ4v) is 4.21. The summed E-state index contributed by atoms with van der Waals surface area (Å²) in [4.78, 5) is 19.0. The highest BCUT2D eigenvalue weighted by Crippen LogP contribution is 2.39. The summed E-state index contributed by atoms with van der Waals surface area (Å²) in [5.41, 5.74) is 2.90. The third-order valence-corrected chi connectivity index (χ3v) is 5.64. The molecule has 0 bridgehead atoms. The number of nitrogens with one attached hydrogen (secondary N) is 1. The molecule has 0 radical (unpaired) electrons. The highest BCUT2D eigenvalue weighted by Gasteiger charge is 2.50. The van der Waals surface area contributed by atoms with Crippen molar-refractivity contribution in [1.29, 1.82) is 0 Å². The van der Waals surface area contributed by atoms with Gasteiger partial charge in [-0.25, -0.2) is 0 Å². The van der Waals surface area contributed by atoms with E-state index in [-0.39, 0.29) is 36.0 Å². The maximum Gasteiger partial charge on any atom is 0.242 e. The van der Waals surface area contributed by atoms with E-state index in [2.05, 4.69) is 28.5 Å². The molecule has 4 rings (SSSR count). The molecule has 2 aromatic rings. The first kappa shape index (κ1) is 20.6. The van der Waals surface area contributed by atoms with Crippen molar-refractivity contribution in [3.05, 3.63) is 48.3 Å². The molecule has 2 fully saturated rings. The van der Waals surface area contributed by atoms with E-state index in [0.717, 1.165) is 48.4 Å². The molecule has 0 unspecified atom stereocenters. The Morgan fingerprint density at radius 3 is 2.57 bits per heavy atom. The van der Waals surface area contributed by atoms with Gasteiger partial charge in [0.15, 0.2) is 0 Å². The quantitative estimate of drug-likeness (QED) is 0.841. The number of nitrogens with zero attached hydrogens (tertiary/aromatic N) is 2. The van der Waals surface area contributed by atoms with Crippen LogP contribution in [0.15, 0.2) is 42.6 Å². The number of likely N-dealkylation sites (tertiary alicyclic amines) is 1. The van der Waals surface area contributed by atoms with E-state index in [1.54, 1.807) is 0 Å². The predicted molar refractivity (Wildman–Crippen MR) is 113 cm³/mol. The number of rotatable bonds is 4. The molecule has 2 saturated heterocycles. The summed E-state index contributed by atoms with van der Waals surface area (Å²) in [5, 5.41) is 3.60. The smallest absolute Gasteiger partial charge is 0.242 e. The van der Waals surface area contributed by atoms with Crippen LogP contribution in [0, 0.1) is 0 Å². The standard InChI is InChI=1S/C22H27N3O2.ClH/c1-15(2)27-18-6-4-16(5-7-18)17-9-12-23-20(14-17)19-8-10-22(24-19)11-13-25(3)21(22)26;/h4-7,9,12,14-15,19,24H,8,10-11,13H2,1-3H3;1H/t19-,22-;/m0./s1. The predicted octanol–water partition coefficient (Wildman–Crippen LogP) is 3.98. The molecule has 1 aromatic heterocycles. The zero-order valence-electron chi connectivity index (χ0n) is 16.6. The minimum Gasteiger partial charge on any atom is -0.491 e. The number of hydrogen-bond acceptors (Lipinski definition) is 4. The van der Waals surface area contributed by atoms with Gasteiger partial charge in [-0.1, -0.05) is 12.1 Å². The Labute approximate surface area is 172 Å². The number of aromatic nitrogens is 1. The second-order valence-corrected chi connectivity index (χ2v) is 7.95. The largest absolute Gasteiger partial charge is 0.491 e. The molecule has 1 N–H and O–H groups in total. The van der Waals surface area contributed by atoms with Gasteiger partial charge in [0, 0.05) is 19.8 Å². The second kappa shape index (κ2) is 8.10. The van der Waals surface area contributed by atoms with E-state index in [9.17, 15) is 4.79 Å². The summed E-state index contributed by atoms with van der Waals surface area (Å²) in [6.45, 7) is 4.88. The molecule has 2 aliphatic heterocycles. The Hall–Kier alpha value is -2.11. The van der Waals surface area contributed by atoms with Crippen LogP contribution in [-0.2, 0) is 4.79 Å². The number of carbonyl (C=O) groups excluding carboxylic acids is 1. The molecule has 5 nitrogen and oxygen atoms in total. The Morgan fingerprint density at radius 2 is 1.93 bits per heavy atom. The molecular weight excluding hydrogens is 374 g/mol. The fourth-order valence-electron chi connectivity index (χ4n) is 4.21. The van der Waals surface area contributed by atoms with Crippen molar-refractivity contribution in [3.8, 4) is 16.9 Å². The van der Waals surface area contributed by atoms with Crippen molar-refractivity contribution in [2.45, 2.75) is 50.8 Å². The minimum absolute atomic E-state index is 0. The highest BCUT2D eigenvalue weighted by atomic mass is 35.5. The number of hydrogen-bond donors (Lipinski definition) is 1. The van der Waals surface area contributed by atoms with Crippen LogP contribution in [0.4, 0.5) is 0 Å². The molecule has 28 heavy (non-hydrogen) atoms. The summed E-state index contributed by atoms with van der Waals surface area (Å²) in [6.07, 6.45) is 4.74. The van der Waals surface area contributed by atoms with Gasteiger partial charge >= 0.3 is 0 Å². The van der Waals surface area contributed by atoms with E-state index >= 15 is 0 Å². The molecule has 2 atom stereocenters. The number of ether oxygens (including phenoxy) is 1. The average molecular weight is 402 g/mol. The number of halogens is 1. The van der Waals surface area contributed by atoms with Crippen molar-refractivity contribution in [2.24, 2.45) is 0 Å². The van der Waals surface area contributed by atoms with Crippen LogP contribution in [0.1, 0.15) is 44.8 Å². The minimum atomic E-state index is -0.382. The first-order valence-electron chi connectivity index (χ1n) is 9.73. The fraction of sp³-hybridized carbons (Fsp3) is 0.455.